The molecule has 2 rings (SSSR count). The highest BCUT2D eigenvalue weighted by Crippen LogP contribution is 2.27. The van der Waals surface area contributed by atoms with Gasteiger partial charge >= 0.3 is 0 Å². The molecule has 0 atom stereocenters. The van der Waals surface area contributed by atoms with E-state index in [4.69, 9.17) is 9.47 Å². The number of hydrogen-bond acceptors (Lipinski definition) is 7. The molecule has 0 unspecified atom stereocenters. The Kier molecular flexibility index (Phi) is 7.46. The average Bonchev–Trinajstić information content (AvgIpc) is 2.67. The third kappa shape index (κ3) is 5.55. The van der Waals surface area contributed by atoms with Crippen molar-refractivity contribution in [2.24, 2.45) is 0 Å². The molecule has 1 saturated heterocycles. The molecule has 1 aliphatic heterocycles. The molecule has 1 aromatic carbocycles. The van der Waals surface area contributed by atoms with Crippen molar-refractivity contribution in [3.8, 4) is 11.5 Å². The zero-order chi connectivity index (χ0) is 20.1. The van der Waals surface area contributed by atoms with Crippen molar-refractivity contribution in [1.82, 2.24) is 13.9 Å². The van der Waals surface area contributed by atoms with Gasteiger partial charge in [-0.3, -0.25) is 0 Å². The van der Waals surface area contributed by atoms with Crippen LogP contribution in [0.5, 0.6) is 11.5 Å². The lowest BCUT2D eigenvalue weighted by Gasteiger charge is -2.33. The number of hydrogen-bond donors (Lipinski definition) is 1. The highest BCUT2D eigenvalue weighted by atomic mass is 32.2. The maximum atomic E-state index is 12.6. The normalized spacial score (nSPS) is 17.0. The first-order valence-electron chi connectivity index (χ1n) is 8.65. The van der Waals surface area contributed by atoms with Crippen LogP contribution in [0, 0.1) is 0 Å². The van der Waals surface area contributed by atoms with Crippen LogP contribution in [-0.2, 0) is 20.0 Å². The van der Waals surface area contributed by atoms with Gasteiger partial charge < -0.3 is 14.4 Å². The van der Waals surface area contributed by atoms with Gasteiger partial charge in [-0.1, -0.05) is 6.92 Å². The van der Waals surface area contributed by atoms with Crippen molar-refractivity contribution >= 4 is 20.0 Å². The number of rotatable bonds is 9. The fraction of sp³-hybridized carbons (Fsp3) is 0.625. The van der Waals surface area contributed by atoms with E-state index in [0.717, 1.165) is 6.54 Å². The predicted molar refractivity (Wildman–Crippen MR) is 102 cm³/mol. The largest absolute Gasteiger partial charge is 0.497 e. The third-order valence-corrected chi connectivity index (χ3v) is 7.84. The Hall–Kier alpha value is -1.40. The summed E-state index contributed by atoms with van der Waals surface area (Å²) in [5.74, 6) is 0.212. The summed E-state index contributed by atoms with van der Waals surface area (Å²) >= 11 is 0. The fourth-order valence-electron chi connectivity index (χ4n) is 2.83. The summed E-state index contributed by atoms with van der Waals surface area (Å²) in [5.41, 5.74) is 0. The molecule has 1 N–H and O–H groups in total. The minimum Gasteiger partial charge on any atom is -0.497 e. The van der Waals surface area contributed by atoms with Crippen LogP contribution in [0.25, 0.3) is 0 Å². The molecule has 1 heterocycles. The summed E-state index contributed by atoms with van der Waals surface area (Å²) in [6, 6.07) is 4.40. The summed E-state index contributed by atoms with van der Waals surface area (Å²) in [4.78, 5) is 2.07. The molecule has 0 saturated carbocycles. The van der Waals surface area contributed by atoms with Gasteiger partial charge in [0.15, 0.2) is 0 Å². The van der Waals surface area contributed by atoms with Crippen LogP contribution in [0.15, 0.2) is 23.1 Å². The fourth-order valence-corrected chi connectivity index (χ4v) is 5.51. The molecule has 0 aliphatic carbocycles. The number of likely N-dealkylation sites (N-methyl/N-ethyl adjacent to an activating group) is 1. The van der Waals surface area contributed by atoms with E-state index >= 15 is 0 Å². The number of benzene rings is 1. The van der Waals surface area contributed by atoms with E-state index in [-0.39, 0.29) is 22.9 Å². The molecular weight excluding hydrogens is 394 g/mol. The van der Waals surface area contributed by atoms with E-state index in [9.17, 15) is 16.8 Å². The van der Waals surface area contributed by atoms with Crippen molar-refractivity contribution in [2.75, 3.05) is 59.2 Å². The smallest absolute Gasteiger partial charge is 0.244 e. The van der Waals surface area contributed by atoms with Crippen molar-refractivity contribution in [3.63, 3.8) is 0 Å². The second kappa shape index (κ2) is 9.20. The predicted octanol–water partition coefficient (Wildman–Crippen LogP) is -0.0506. The topological polar surface area (TPSA) is 105 Å². The molecule has 11 heteroatoms. The van der Waals surface area contributed by atoms with Crippen molar-refractivity contribution < 1.29 is 26.3 Å². The lowest BCUT2D eigenvalue weighted by atomic mass is 10.3. The van der Waals surface area contributed by atoms with E-state index < -0.39 is 20.0 Å². The zero-order valence-corrected chi connectivity index (χ0v) is 17.5. The van der Waals surface area contributed by atoms with Crippen LogP contribution < -0.4 is 14.2 Å². The molecule has 0 spiro atoms. The van der Waals surface area contributed by atoms with Crippen LogP contribution in [0.4, 0.5) is 0 Å². The average molecular weight is 422 g/mol. The first-order chi connectivity index (χ1) is 12.7. The Labute approximate surface area is 161 Å². The standard InChI is InChI=1S/C16H27N3O6S2/c1-4-18-8-10-19(11-9-18)26(20,21)12-7-17-27(22,23)16-13-14(24-2)5-6-15(16)25-3/h5-6,13,17H,4,7-12H2,1-3H3. The van der Waals surface area contributed by atoms with Gasteiger partial charge in [0.1, 0.15) is 16.4 Å². The SMILES string of the molecule is CCN1CCN(S(=O)(=O)CCNS(=O)(=O)c2cc(OC)ccc2OC)CC1. The highest BCUT2D eigenvalue weighted by Gasteiger charge is 2.27. The number of piperazine rings is 1. The summed E-state index contributed by atoms with van der Waals surface area (Å²) in [6.07, 6.45) is 0. The highest BCUT2D eigenvalue weighted by molar-refractivity contribution is 7.90. The van der Waals surface area contributed by atoms with Crippen molar-refractivity contribution in [2.45, 2.75) is 11.8 Å². The van der Waals surface area contributed by atoms with Crippen molar-refractivity contribution in [3.05, 3.63) is 18.2 Å². The summed E-state index contributed by atoms with van der Waals surface area (Å²) in [6.45, 7) is 4.91. The quantitative estimate of drug-likeness (QED) is 0.596. The number of nitrogens with one attached hydrogen (secondary N) is 1. The zero-order valence-electron chi connectivity index (χ0n) is 15.8. The maximum absolute atomic E-state index is 12.6. The van der Waals surface area contributed by atoms with Gasteiger partial charge in [0.2, 0.25) is 20.0 Å². The van der Waals surface area contributed by atoms with E-state index in [1.165, 1.54) is 30.7 Å². The molecule has 1 aliphatic rings. The first kappa shape index (κ1) is 21.9. The molecule has 27 heavy (non-hydrogen) atoms. The van der Waals surface area contributed by atoms with Gasteiger partial charge in [-0.15, -0.1) is 0 Å². The Bertz CT molecular complexity index is 834. The minimum atomic E-state index is -3.95. The van der Waals surface area contributed by atoms with Gasteiger partial charge in [0.05, 0.1) is 20.0 Å². The number of ether oxygens (including phenoxy) is 2. The van der Waals surface area contributed by atoms with Gasteiger partial charge in [-0.2, -0.15) is 4.31 Å². The molecule has 0 amide bonds. The number of methoxy groups -OCH3 is 2. The van der Waals surface area contributed by atoms with E-state index in [0.29, 0.717) is 31.9 Å². The van der Waals surface area contributed by atoms with Crippen LogP contribution in [-0.4, -0.2) is 85.3 Å². The number of sulfonamides is 2. The maximum Gasteiger partial charge on any atom is 0.244 e. The van der Waals surface area contributed by atoms with Crippen LogP contribution in [0.3, 0.4) is 0 Å². The minimum absolute atomic E-state index is 0.0988. The molecule has 9 nitrogen and oxygen atoms in total. The first-order valence-corrected chi connectivity index (χ1v) is 11.7. The van der Waals surface area contributed by atoms with Crippen molar-refractivity contribution in [1.29, 1.82) is 0 Å². The molecule has 1 aromatic rings. The molecule has 0 bridgehead atoms. The molecular formula is C16H27N3O6S2. The molecule has 0 radical (unpaired) electrons. The van der Waals surface area contributed by atoms with E-state index in [1.54, 1.807) is 6.07 Å². The Morgan fingerprint density at radius 3 is 2.26 bits per heavy atom. The van der Waals surface area contributed by atoms with E-state index in [2.05, 4.69) is 9.62 Å². The van der Waals surface area contributed by atoms with Gasteiger partial charge in [-0.05, 0) is 18.7 Å². The molecule has 154 valence electrons. The Balaban J connectivity index is 2.01. The summed E-state index contributed by atoms with van der Waals surface area (Å²) < 4.78 is 63.9. The monoisotopic (exact) mass is 421 g/mol. The van der Waals surface area contributed by atoms with Gasteiger partial charge in [0.25, 0.3) is 0 Å². The molecule has 0 aromatic heterocycles. The Morgan fingerprint density at radius 2 is 1.70 bits per heavy atom. The second-order valence-electron chi connectivity index (χ2n) is 6.06. The van der Waals surface area contributed by atoms with Crippen LogP contribution in [0.1, 0.15) is 6.92 Å². The lowest BCUT2D eigenvalue weighted by molar-refractivity contribution is 0.196. The van der Waals surface area contributed by atoms with Crippen LogP contribution >= 0.6 is 0 Å². The Morgan fingerprint density at radius 1 is 1.04 bits per heavy atom. The second-order valence-corrected chi connectivity index (χ2v) is 9.89. The van der Waals surface area contributed by atoms with E-state index in [1.807, 2.05) is 6.92 Å². The lowest BCUT2D eigenvalue weighted by Crippen LogP contribution is -2.49. The summed E-state index contributed by atoms with van der Waals surface area (Å²) in [7, 11) is -4.68. The molecule has 1 fully saturated rings. The third-order valence-electron chi connectivity index (χ3n) is 4.48. The van der Waals surface area contributed by atoms with Gasteiger partial charge in [0, 0.05) is 38.8 Å². The van der Waals surface area contributed by atoms with Gasteiger partial charge in [-0.25, -0.2) is 21.6 Å². The van der Waals surface area contributed by atoms with Crippen LogP contribution in [0.2, 0.25) is 0 Å². The summed E-state index contributed by atoms with van der Waals surface area (Å²) in [5, 5.41) is 0. The number of nitrogens with zero attached hydrogens (tertiary/aromatic N) is 2.